The first kappa shape index (κ1) is 19.1. The molecule has 1 saturated carbocycles. The summed E-state index contributed by atoms with van der Waals surface area (Å²) in [5, 5.41) is 4.26. The minimum absolute atomic E-state index is 0.161. The van der Waals surface area contributed by atoms with Crippen LogP contribution in [0, 0.1) is 13.8 Å². The quantitative estimate of drug-likeness (QED) is 0.670. The fraction of sp³-hybridized carbons (Fsp3) is 0.364. The molecule has 0 bridgehead atoms. The lowest BCUT2D eigenvalue weighted by atomic mass is 10.1. The van der Waals surface area contributed by atoms with Crippen LogP contribution in [0.1, 0.15) is 52.1 Å². The van der Waals surface area contributed by atoms with Gasteiger partial charge in [0.15, 0.2) is 5.65 Å². The molecular formula is C22H25N5O2. The number of aromatic nitrogens is 3. The molecule has 29 heavy (non-hydrogen) atoms. The summed E-state index contributed by atoms with van der Waals surface area (Å²) in [6.07, 6.45) is 4.60. The van der Waals surface area contributed by atoms with Crippen molar-refractivity contribution < 1.29 is 9.59 Å². The first-order valence-corrected chi connectivity index (χ1v) is 9.92. The van der Waals surface area contributed by atoms with E-state index < -0.39 is 5.91 Å². The second-order valence-corrected chi connectivity index (χ2v) is 7.66. The van der Waals surface area contributed by atoms with E-state index in [-0.39, 0.29) is 5.91 Å². The van der Waals surface area contributed by atoms with Gasteiger partial charge in [-0.3, -0.25) is 9.59 Å². The Morgan fingerprint density at radius 2 is 1.93 bits per heavy atom. The van der Waals surface area contributed by atoms with E-state index in [9.17, 15) is 9.59 Å². The summed E-state index contributed by atoms with van der Waals surface area (Å²) in [6, 6.07) is 10.5. The molecule has 0 unspecified atom stereocenters. The molecule has 0 saturated heterocycles. The van der Waals surface area contributed by atoms with Crippen molar-refractivity contribution in [2.75, 3.05) is 0 Å². The molecule has 0 aliphatic heterocycles. The van der Waals surface area contributed by atoms with Gasteiger partial charge in [-0.1, -0.05) is 30.3 Å². The molecule has 0 radical (unpaired) electrons. The number of benzene rings is 1. The van der Waals surface area contributed by atoms with Crippen LogP contribution >= 0.6 is 0 Å². The molecule has 7 heteroatoms. The zero-order valence-electron chi connectivity index (χ0n) is 16.8. The lowest BCUT2D eigenvalue weighted by Crippen LogP contribution is -2.32. The number of carbonyl (C=O) groups excluding carboxylic acids is 2. The largest absolute Gasteiger partial charge is 0.365 e. The highest BCUT2D eigenvalue weighted by atomic mass is 16.2. The fourth-order valence-corrected chi connectivity index (χ4v) is 3.81. The zero-order chi connectivity index (χ0) is 20.5. The number of amides is 2. The number of aryl methyl sites for hydroxylation is 2. The molecule has 1 fully saturated rings. The maximum absolute atomic E-state index is 13.0. The van der Waals surface area contributed by atoms with Crippen molar-refractivity contribution in [1.29, 1.82) is 0 Å². The van der Waals surface area contributed by atoms with Gasteiger partial charge in [0.2, 0.25) is 5.91 Å². The van der Waals surface area contributed by atoms with Crippen LogP contribution in [-0.4, -0.2) is 37.4 Å². The summed E-state index contributed by atoms with van der Waals surface area (Å²) >= 11 is 0. The Morgan fingerprint density at radius 3 is 2.59 bits per heavy atom. The standard InChI is InChI=1S/C22H25N5O2/c1-14-18(15(2)27-22(25-14)19(12-24-27)21(23)29)10-11-20(28)26(17-8-9-17)13-16-6-4-3-5-7-16/h3-7,12,17H,8-11,13H2,1-2H3,(H2,23,29). The lowest BCUT2D eigenvalue weighted by molar-refractivity contribution is -0.132. The number of primary amides is 1. The highest BCUT2D eigenvalue weighted by Crippen LogP contribution is 2.29. The van der Waals surface area contributed by atoms with Crippen molar-refractivity contribution in [3.05, 3.63) is 64.6 Å². The highest BCUT2D eigenvalue weighted by molar-refractivity contribution is 5.98. The normalized spacial score (nSPS) is 13.6. The second-order valence-electron chi connectivity index (χ2n) is 7.66. The summed E-state index contributed by atoms with van der Waals surface area (Å²) in [4.78, 5) is 31.1. The number of hydrogen-bond acceptors (Lipinski definition) is 4. The van der Waals surface area contributed by atoms with Gasteiger partial charge < -0.3 is 10.6 Å². The van der Waals surface area contributed by atoms with E-state index in [1.165, 1.54) is 6.20 Å². The molecule has 4 rings (SSSR count). The van der Waals surface area contributed by atoms with Gasteiger partial charge in [0.25, 0.3) is 5.91 Å². The molecule has 0 atom stereocenters. The highest BCUT2D eigenvalue weighted by Gasteiger charge is 2.32. The molecule has 1 aliphatic carbocycles. The molecule has 1 aromatic carbocycles. The lowest BCUT2D eigenvalue weighted by Gasteiger charge is -2.23. The first-order chi connectivity index (χ1) is 14.0. The van der Waals surface area contributed by atoms with Gasteiger partial charge in [0.1, 0.15) is 5.56 Å². The maximum atomic E-state index is 13.0. The number of nitrogens with two attached hydrogens (primary N) is 1. The molecule has 0 spiro atoms. The summed E-state index contributed by atoms with van der Waals surface area (Å²) in [5.74, 6) is -0.385. The van der Waals surface area contributed by atoms with Gasteiger partial charge >= 0.3 is 0 Å². The molecule has 7 nitrogen and oxygen atoms in total. The minimum atomic E-state index is -0.546. The van der Waals surface area contributed by atoms with Crippen LogP contribution in [0.2, 0.25) is 0 Å². The van der Waals surface area contributed by atoms with Crippen LogP contribution in [-0.2, 0) is 17.8 Å². The van der Waals surface area contributed by atoms with Gasteiger partial charge in [-0.25, -0.2) is 9.50 Å². The van der Waals surface area contributed by atoms with E-state index >= 15 is 0 Å². The van der Waals surface area contributed by atoms with Crippen LogP contribution in [0.3, 0.4) is 0 Å². The predicted octanol–water partition coefficient (Wildman–Crippen LogP) is 2.57. The Hall–Kier alpha value is -3.22. The van der Waals surface area contributed by atoms with Crippen LogP contribution in [0.4, 0.5) is 0 Å². The average molecular weight is 391 g/mol. The third kappa shape index (κ3) is 3.85. The number of hydrogen-bond donors (Lipinski definition) is 1. The average Bonchev–Trinajstić information content (AvgIpc) is 3.45. The molecule has 3 aromatic rings. The fourth-order valence-electron chi connectivity index (χ4n) is 3.81. The zero-order valence-corrected chi connectivity index (χ0v) is 16.8. The number of nitrogens with zero attached hydrogens (tertiary/aromatic N) is 4. The maximum Gasteiger partial charge on any atom is 0.254 e. The van der Waals surface area contributed by atoms with E-state index in [1.807, 2.05) is 36.9 Å². The van der Waals surface area contributed by atoms with E-state index in [1.54, 1.807) is 4.52 Å². The molecular weight excluding hydrogens is 366 g/mol. The summed E-state index contributed by atoms with van der Waals surface area (Å²) < 4.78 is 1.63. The molecule has 2 aromatic heterocycles. The summed E-state index contributed by atoms with van der Waals surface area (Å²) in [6.45, 7) is 4.48. The van der Waals surface area contributed by atoms with E-state index in [0.717, 1.165) is 35.4 Å². The van der Waals surface area contributed by atoms with Crippen molar-refractivity contribution in [1.82, 2.24) is 19.5 Å². The van der Waals surface area contributed by atoms with E-state index in [0.29, 0.717) is 36.6 Å². The van der Waals surface area contributed by atoms with Gasteiger partial charge in [-0.2, -0.15) is 5.10 Å². The van der Waals surface area contributed by atoms with Gasteiger partial charge in [0, 0.05) is 30.4 Å². The summed E-state index contributed by atoms with van der Waals surface area (Å²) in [5.41, 5.74) is 10.00. The first-order valence-electron chi connectivity index (χ1n) is 9.92. The minimum Gasteiger partial charge on any atom is -0.365 e. The van der Waals surface area contributed by atoms with Gasteiger partial charge in [-0.05, 0) is 44.2 Å². The molecule has 2 N–H and O–H groups in total. The van der Waals surface area contributed by atoms with Gasteiger partial charge in [-0.15, -0.1) is 0 Å². The van der Waals surface area contributed by atoms with Crippen LogP contribution in [0.25, 0.3) is 5.65 Å². The Kier molecular flexibility index (Phi) is 5.05. The monoisotopic (exact) mass is 391 g/mol. The van der Waals surface area contributed by atoms with E-state index in [2.05, 4.69) is 22.2 Å². The Bertz CT molecular complexity index is 1070. The van der Waals surface area contributed by atoms with Crippen molar-refractivity contribution in [2.45, 2.75) is 52.1 Å². The van der Waals surface area contributed by atoms with Crippen molar-refractivity contribution >= 4 is 17.5 Å². The number of carbonyl (C=O) groups is 2. The second kappa shape index (κ2) is 7.66. The van der Waals surface area contributed by atoms with E-state index in [4.69, 9.17) is 5.73 Å². The predicted molar refractivity (Wildman–Crippen MR) is 109 cm³/mol. The van der Waals surface area contributed by atoms with Crippen molar-refractivity contribution in [3.63, 3.8) is 0 Å². The third-order valence-corrected chi connectivity index (χ3v) is 5.57. The van der Waals surface area contributed by atoms with Crippen LogP contribution < -0.4 is 5.73 Å². The number of fused-ring (bicyclic) bond motifs is 1. The summed E-state index contributed by atoms with van der Waals surface area (Å²) in [7, 11) is 0. The Labute approximate surface area is 169 Å². The Morgan fingerprint density at radius 1 is 1.21 bits per heavy atom. The molecule has 150 valence electrons. The van der Waals surface area contributed by atoms with Crippen LogP contribution in [0.15, 0.2) is 36.5 Å². The SMILES string of the molecule is Cc1nc2c(C(N)=O)cnn2c(C)c1CCC(=O)N(Cc1ccccc1)C1CC1. The van der Waals surface area contributed by atoms with Crippen molar-refractivity contribution in [2.24, 2.45) is 5.73 Å². The topological polar surface area (TPSA) is 93.6 Å². The third-order valence-electron chi connectivity index (χ3n) is 5.57. The van der Waals surface area contributed by atoms with Crippen molar-refractivity contribution in [3.8, 4) is 0 Å². The smallest absolute Gasteiger partial charge is 0.254 e. The number of rotatable bonds is 7. The van der Waals surface area contributed by atoms with Gasteiger partial charge in [0.05, 0.1) is 6.20 Å². The Balaban J connectivity index is 1.52. The molecule has 2 amide bonds. The molecule has 1 aliphatic rings. The van der Waals surface area contributed by atoms with Crippen LogP contribution in [0.5, 0.6) is 0 Å². The molecule has 2 heterocycles.